The minimum absolute atomic E-state index is 0.250. The van der Waals surface area contributed by atoms with Crippen molar-refractivity contribution in [3.05, 3.63) is 45.9 Å². The molecule has 1 aromatic heterocycles. The Hall–Kier alpha value is -1.99. The minimum Gasteiger partial charge on any atom is -0.328 e. The molecule has 1 aromatic carbocycles. The summed E-state index contributed by atoms with van der Waals surface area (Å²) in [7, 11) is 0. The zero-order chi connectivity index (χ0) is 14.4. The number of hydrogen-bond donors (Lipinski definition) is 1. The molecule has 1 N–H and O–H groups in total. The first-order valence-corrected chi connectivity index (χ1v) is 4.91. The molecule has 0 bridgehead atoms. The van der Waals surface area contributed by atoms with Crippen molar-refractivity contribution in [1.29, 1.82) is 0 Å². The Morgan fingerprint density at radius 1 is 0.895 bits per heavy atom. The van der Waals surface area contributed by atoms with Crippen LogP contribution < -0.4 is 5.56 Å². The lowest BCUT2D eigenvalue weighted by atomic mass is 10.0. The molecule has 0 radical (unpaired) electrons. The van der Waals surface area contributed by atoms with Gasteiger partial charge in [0.15, 0.2) is 0 Å². The van der Waals surface area contributed by atoms with Crippen LogP contribution in [-0.4, -0.2) is 4.98 Å². The normalized spacial score (nSPS) is 12.9. The molecule has 2 nitrogen and oxygen atoms in total. The summed E-state index contributed by atoms with van der Waals surface area (Å²) in [4.78, 5) is 13.1. The summed E-state index contributed by atoms with van der Waals surface area (Å²) in [6, 6.07) is 2.32. The number of rotatable bonds is 0. The van der Waals surface area contributed by atoms with Gasteiger partial charge >= 0.3 is 12.4 Å². The summed E-state index contributed by atoms with van der Waals surface area (Å²) in [6.07, 6.45) is -9.73. The topological polar surface area (TPSA) is 32.9 Å². The van der Waals surface area contributed by atoms with Gasteiger partial charge in [-0.25, -0.2) is 0 Å². The lowest BCUT2D eigenvalue weighted by Gasteiger charge is -2.15. The van der Waals surface area contributed by atoms with Crippen LogP contribution in [0.3, 0.4) is 0 Å². The van der Waals surface area contributed by atoms with Crippen LogP contribution in [0.1, 0.15) is 11.1 Å². The molecule has 0 spiro atoms. The van der Waals surface area contributed by atoms with E-state index in [9.17, 15) is 31.1 Å². The highest BCUT2D eigenvalue weighted by Gasteiger charge is 2.39. The zero-order valence-electron chi connectivity index (χ0n) is 8.99. The van der Waals surface area contributed by atoms with Gasteiger partial charge in [0.1, 0.15) is 0 Å². The third-order valence-corrected chi connectivity index (χ3v) is 2.54. The Balaban J connectivity index is 3.01. The van der Waals surface area contributed by atoms with E-state index < -0.39 is 39.8 Å². The summed E-state index contributed by atoms with van der Waals surface area (Å²) in [5.41, 5.74) is -4.01. The zero-order valence-corrected chi connectivity index (χ0v) is 8.99. The highest BCUT2D eigenvalue weighted by molar-refractivity contribution is 5.88. The second-order valence-electron chi connectivity index (χ2n) is 3.76. The maximum Gasteiger partial charge on any atom is 0.418 e. The van der Waals surface area contributed by atoms with E-state index in [0.29, 0.717) is 6.07 Å². The maximum atomic E-state index is 12.7. The molecular formula is C11H5F6NO. The molecule has 0 aliphatic carbocycles. The van der Waals surface area contributed by atoms with Crippen molar-refractivity contribution >= 4 is 10.8 Å². The summed E-state index contributed by atoms with van der Waals surface area (Å²) < 4.78 is 76.4. The third kappa shape index (κ3) is 2.29. The predicted molar refractivity (Wildman–Crippen MR) is 54.6 cm³/mol. The Labute approximate surface area is 101 Å². The van der Waals surface area contributed by atoms with Gasteiger partial charge in [-0.3, -0.25) is 4.79 Å². The monoisotopic (exact) mass is 281 g/mol. The maximum absolute atomic E-state index is 12.7. The number of pyridine rings is 1. The van der Waals surface area contributed by atoms with Gasteiger partial charge in [0.2, 0.25) is 0 Å². The Bertz CT molecular complexity index is 662. The third-order valence-electron chi connectivity index (χ3n) is 2.54. The van der Waals surface area contributed by atoms with E-state index in [2.05, 4.69) is 0 Å². The molecular weight excluding hydrogens is 276 g/mol. The van der Waals surface area contributed by atoms with Crippen molar-refractivity contribution in [2.75, 3.05) is 0 Å². The number of hydrogen-bond acceptors (Lipinski definition) is 1. The molecule has 0 unspecified atom stereocenters. The van der Waals surface area contributed by atoms with Crippen molar-refractivity contribution in [2.24, 2.45) is 0 Å². The van der Waals surface area contributed by atoms with Crippen LogP contribution in [0.4, 0.5) is 26.3 Å². The van der Waals surface area contributed by atoms with Gasteiger partial charge in [0, 0.05) is 17.0 Å². The fourth-order valence-corrected chi connectivity index (χ4v) is 1.78. The quantitative estimate of drug-likeness (QED) is 0.736. The number of nitrogens with one attached hydrogen (secondary N) is 1. The van der Waals surface area contributed by atoms with Crippen molar-refractivity contribution in [2.45, 2.75) is 12.4 Å². The average Bonchev–Trinajstić information content (AvgIpc) is 2.26. The fraction of sp³-hybridized carbons (Fsp3) is 0.182. The molecule has 0 aliphatic rings. The summed E-state index contributed by atoms with van der Waals surface area (Å²) >= 11 is 0. The van der Waals surface area contributed by atoms with Crippen molar-refractivity contribution in [3.63, 3.8) is 0 Å². The lowest BCUT2D eigenvalue weighted by Crippen LogP contribution is -2.17. The standard InChI is InChI=1S/C11H5F6NO/c12-10(13,14)6-3-1-2-5-8(6)7(11(15,16)17)4-18-9(5)19/h1-4H,(H,18,19). The van der Waals surface area contributed by atoms with E-state index in [1.165, 1.54) is 0 Å². The second-order valence-corrected chi connectivity index (χ2v) is 3.76. The number of fused-ring (bicyclic) bond motifs is 1. The highest BCUT2D eigenvalue weighted by atomic mass is 19.4. The molecule has 0 saturated heterocycles. The van der Waals surface area contributed by atoms with Crippen LogP contribution >= 0.6 is 0 Å². The molecule has 0 amide bonds. The highest BCUT2D eigenvalue weighted by Crippen LogP contribution is 2.40. The van der Waals surface area contributed by atoms with Crippen LogP contribution in [0, 0.1) is 0 Å². The van der Waals surface area contributed by atoms with Crippen molar-refractivity contribution < 1.29 is 26.3 Å². The fourth-order valence-electron chi connectivity index (χ4n) is 1.78. The van der Waals surface area contributed by atoms with E-state index in [1.807, 2.05) is 0 Å². The predicted octanol–water partition coefficient (Wildman–Crippen LogP) is 3.57. The molecule has 0 atom stereocenters. The smallest absolute Gasteiger partial charge is 0.328 e. The number of alkyl halides is 6. The van der Waals surface area contributed by atoms with E-state index in [4.69, 9.17) is 0 Å². The number of halogens is 6. The molecule has 102 valence electrons. The summed E-state index contributed by atoms with van der Waals surface area (Å²) in [5, 5.41) is -1.78. The van der Waals surface area contributed by atoms with Gasteiger partial charge in [-0.15, -0.1) is 0 Å². The molecule has 2 rings (SSSR count). The van der Waals surface area contributed by atoms with Crippen LogP contribution in [0.2, 0.25) is 0 Å². The minimum atomic E-state index is -5.00. The van der Waals surface area contributed by atoms with Gasteiger partial charge in [-0.05, 0) is 12.1 Å². The summed E-state index contributed by atoms with van der Waals surface area (Å²) in [5.74, 6) is 0. The van der Waals surface area contributed by atoms with Gasteiger partial charge in [0.05, 0.1) is 11.1 Å². The van der Waals surface area contributed by atoms with Crippen molar-refractivity contribution in [1.82, 2.24) is 4.98 Å². The molecule has 0 fully saturated rings. The van der Waals surface area contributed by atoms with Gasteiger partial charge in [-0.2, -0.15) is 26.3 Å². The second kappa shape index (κ2) is 4.01. The van der Waals surface area contributed by atoms with E-state index in [-0.39, 0.29) is 6.20 Å². The van der Waals surface area contributed by atoms with Crippen molar-refractivity contribution in [3.8, 4) is 0 Å². The van der Waals surface area contributed by atoms with Gasteiger partial charge < -0.3 is 4.98 Å². The van der Waals surface area contributed by atoms with Gasteiger partial charge in [-0.1, -0.05) is 6.07 Å². The first kappa shape index (κ1) is 13.4. The molecule has 0 saturated carbocycles. The van der Waals surface area contributed by atoms with Crippen LogP contribution in [0.15, 0.2) is 29.2 Å². The van der Waals surface area contributed by atoms with E-state index in [0.717, 1.165) is 12.1 Å². The van der Waals surface area contributed by atoms with Crippen LogP contribution in [-0.2, 0) is 12.4 Å². The molecule has 8 heteroatoms. The number of aromatic amines is 1. The first-order valence-electron chi connectivity index (χ1n) is 4.91. The molecule has 19 heavy (non-hydrogen) atoms. The number of H-pyrrole nitrogens is 1. The van der Waals surface area contributed by atoms with Gasteiger partial charge in [0.25, 0.3) is 5.56 Å². The Morgan fingerprint density at radius 2 is 1.47 bits per heavy atom. The Kier molecular flexibility index (Phi) is 2.83. The SMILES string of the molecule is O=c1[nH]cc(C(F)(F)F)c2c(C(F)(F)F)cccc12. The Morgan fingerprint density at radius 3 is 2.00 bits per heavy atom. The van der Waals surface area contributed by atoms with E-state index in [1.54, 1.807) is 4.98 Å². The average molecular weight is 281 g/mol. The van der Waals surface area contributed by atoms with E-state index >= 15 is 0 Å². The largest absolute Gasteiger partial charge is 0.418 e. The van der Waals surface area contributed by atoms with Crippen LogP contribution in [0.5, 0.6) is 0 Å². The molecule has 1 heterocycles. The summed E-state index contributed by atoms with van der Waals surface area (Å²) in [6.45, 7) is 0. The number of aromatic nitrogens is 1. The lowest BCUT2D eigenvalue weighted by molar-refractivity contribution is -0.140. The van der Waals surface area contributed by atoms with Crippen LogP contribution in [0.25, 0.3) is 10.8 Å². The first-order chi connectivity index (χ1) is 8.62. The molecule has 2 aromatic rings. The number of benzene rings is 1. The molecule has 0 aliphatic heterocycles.